The van der Waals surface area contributed by atoms with E-state index in [1.807, 2.05) is 24.3 Å². The summed E-state index contributed by atoms with van der Waals surface area (Å²) in [6.45, 7) is 2.04. The Morgan fingerprint density at radius 1 is 1.08 bits per heavy atom. The lowest BCUT2D eigenvalue weighted by Crippen LogP contribution is -2.52. The quantitative estimate of drug-likeness (QED) is 0.417. The van der Waals surface area contributed by atoms with Crippen LogP contribution in [0.1, 0.15) is 39.9 Å². The van der Waals surface area contributed by atoms with Crippen LogP contribution in [0.4, 0.5) is 0 Å². The van der Waals surface area contributed by atoms with Crippen LogP contribution in [-0.2, 0) is 38.8 Å². The fraction of sp³-hybridized carbons (Fsp3) is 0.360. The van der Waals surface area contributed by atoms with Crippen LogP contribution in [0.15, 0.2) is 30.3 Å². The minimum absolute atomic E-state index is 0.0273. The summed E-state index contributed by atoms with van der Waals surface area (Å²) < 4.78 is 11.2. The summed E-state index contributed by atoms with van der Waals surface area (Å²) in [6.07, 6.45) is 0.424. The van der Waals surface area contributed by atoms with Crippen LogP contribution in [0.2, 0.25) is 0 Å². The van der Waals surface area contributed by atoms with Gasteiger partial charge < -0.3 is 19.3 Å². The van der Waals surface area contributed by atoms with Gasteiger partial charge >= 0.3 is 0 Å². The topological polar surface area (TPSA) is 105 Å². The maximum Gasteiger partial charge on any atom is 0.255 e. The molecule has 1 atom stereocenters. The summed E-state index contributed by atoms with van der Waals surface area (Å²) in [6, 6.07) is 8.44. The Labute approximate surface area is 210 Å². The lowest BCUT2D eigenvalue weighted by Gasteiger charge is -2.29. The van der Waals surface area contributed by atoms with Crippen LogP contribution >= 0.6 is 0 Å². The van der Waals surface area contributed by atoms with Crippen molar-refractivity contribution in [3.05, 3.63) is 52.6 Å². The molecular weight excluding hydrogens is 460 g/mol. The van der Waals surface area contributed by atoms with E-state index in [9.17, 15) is 19.2 Å². The average molecular weight is 483 g/mol. The lowest BCUT2D eigenvalue weighted by atomic mass is 9.77. The fourth-order valence-electron chi connectivity index (χ4n) is 4.71. The van der Waals surface area contributed by atoms with E-state index >= 15 is 0 Å². The number of imide groups is 1. The molecule has 3 heterocycles. The molecule has 5 rings (SSSR count). The summed E-state index contributed by atoms with van der Waals surface area (Å²) >= 11 is 0. The predicted octanol–water partition coefficient (Wildman–Crippen LogP) is -1.03. The van der Waals surface area contributed by atoms with E-state index in [1.54, 1.807) is 4.90 Å². The molecule has 1 unspecified atom stereocenters. The first-order chi connectivity index (χ1) is 17.3. The Morgan fingerprint density at radius 3 is 2.56 bits per heavy atom. The normalized spacial score (nSPS) is 19.9. The number of nitrogens with one attached hydrogen (secondary N) is 1. The molecule has 1 N–H and O–H groups in total. The zero-order valence-corrected chi connectivity index (χ0v) is 19.6. The minimum Gasteiger partial charge on any atom is -0.489 e. The number of hydrogen-bond acceptors (Lipinski definition) is 6. The van der Waals surface area contributed by atoms with E-state index < -0.39 is 11.9 Å². The largest absolute Gasteiger partial charge is 0.489 e. The van der Waals surface area contributed by atoms with Crippen molar-refractivity contribution in [1.29, 1.82) is 0 Å². The summed E-state index contributed by atoms with van der Waals surface area (Å²) in [5.74, 6) is -0.898. The van der Waals surface area contributed by atoms with Gasteiger partial charge in [-0.15, -0.1) is 0 Å². The standard InChI is InChI=1S/C25H23B2N3O6/c26-18-9-16-17(11-30(25(16)34)19-5-6-20(31)28-24(19)33)23(22(18)27)36-12-15-3-1-14(2-4-15)10-29-7-8-35-13-21(29)32/h1-4,9,19H,5-8,10-13H2,(H,28,31,33). The Morgan fingerprint density at radius 2 is 1.83 bits per heavy atom. The molecule has 0 spiro atoms. The molecule has 0 bridgehead atoms. The Hall–Kier alpha value is -3.59. The van der Waals surface area contributed by atoms with E-state index in [4.69, 9.17) is 25.2 Å². The number of fused-ring (bicyclic) bond motifs is 1. The molecule has 9 nitrogen and oxygen atoms in total. The highest BCUT2D eigenvalue weighted by molar-refractivity contribution is 6.50. The highest BCUT2D eigenvalue weighted by atomic mass is 16.5. The van der Waals surface area contributed by atoms with Gasteiger partial charge in [-0.3, -0.25) is 24.5 Å². The highest BCUT2D eigenvalue weighted by Crippen LogP contribution is 2.32. The van der Waals surface area contributed by atoms with Gasteiger partial charge in [0.05, 0.1) is 13.2 Å². The monoisotopic (exact) mass is 483 g/mol. The second-order valence-electron chi connectivity index (χ2n) is 9.11. The van der Waals surface area contributed by atoms with Crippen molar-refractivity contribution in [2.45, 2.75) is 38.6 Å². The smallest absolute Gasteiger partial charge is 0.255 e. The van der Waals surface area contributed by atoms with E-state index in [1.165, 1.54) is 11.0 Å². The van der Waals surface area contributed by atoms with Gasteiger partial charge in [-0.1, -0.05) is 41.3 Å². The minimum atomic E-state index is -0.746. The maximum absolute atomic E-state index is 13.1. The number of morpholine rings is 1. The molecule has 3 aliphatic heterocycles. The third-order valence-corrected chi connectivity index (χ3v) is 6.72. The number of amides is 4. The van der Waals surface area contributed by atoms with Gasteiger partial charge in [-0.05, 0) is 17.5 Å². The predicted molar refractivity (Wildman–Crippen MR) is 130 cm³/mol. The van der Waals surface area contributed by atoms with Gasteiger partial charge in [-0.2, -0.15) is 0 Å². The van der Waals surface area contributed by atoms with E-state index in [0.717, 1.165) is 11.1 Å². The van der Waals surface area contributed by atoms with Crippen LogP contribution in [0, 0.1) is 0 Å². The Balaban J connectivity index is 1.30. The molecule has 36 heavy (non-hydrogen) atoms. The SMILES string of the molecule is [B]c1cc2c(c(OCc3ccc(CN4CCOCC4=O)cc3)c1[B])CN(C1CCC(=O)NC1=O)C2=O. The van der Waals surface area contributed by atoms with Crippen LogP contribution < -0.4 is 21.0 Å². The lowest BCUT2D eigenvalue weighted by molar-refractivity contribution is -0.143. The van der Waals surface area contributed by atoms with Crippen molar-refractivity contribution in [2.24, 2.45) is 0 Å². The average Bonchev–Trinajstić information content (AvgIpc) is 3.17. The Bertz CT molecular complexity index is 1250. The van der Waals surface area contributed by atoms with Crippen molar-refractivity contribution in [1.82, 2.24) is 15.1 Å². The van der Waals surface area contributed by atoms with Crippen LogP contribution in [0.5, 0.6) is 5.75 Å². The number of benzene rings is 2. The third-order valence-electron chi connectivity index (χ3n) is 6.72. The number of nitrogens with zero attached hydrogens (tertiary/aromatic N) is 2. The molecular formula is C25H23B2N3O6. The summed E-state index contributed by atoms with van der Waals surface area (Å²) in [4.78, 5) is 52.1. The van der Waals surface area contributed by atoms with Crippen LogP contribution in [0.3, 0.4) is 0 Å². The van der Waals surface area contributed by atoms with Crippen molar-refractivity contribution in [3.8, 4) is 5.75 Å². The molecule has 2 saturated heterocycles. The molecule has 4 amide bonds. The van der Waals surface area contributed by atoms with Crippen LogP contribution in [0.25, 0.3) is 0 Å². The molecule has 2 aromatic rings. The van der Waals surface area contributed by atoms with E-state index in [0.29, 0.717) is 36.6 Å². The van der Waals surface area contributed by atoms with Crippen molar-refractivity contribution < 1.29 is 28.7 Å². The number of hydrogen-bond donors (Lipinski definition) is 1. The first kappa shape index (κ1) is 24.1. The molecule has 0 saturated carbocycles. The second kappa shape index (κ2) is 9.81. The van der Waals surface area contributed by atoms with Gasteiger partial charge in [0.2, 0.25) is 17.7 Å². The molecule has 11 heteroatoms. The second-order valence-corrected chi connectivity index (χ2v) is 9.11. The first-order valence-electron chi connectivity index (χ1n) is 11.7. The first-order valence-corrected chi connectivity index (χ1v) is 11.7. The molecule has 0 aromatic heterocycles. The van der Waals surface area contributed by atoms with Crippen molar-refractivity contribution in [2.75, 3.05) is 19.8 Å². The van der Waals surface area contributed by atoms with Gasteiger partial charge in [0.25, 0.3) is 5.91 Å². The van der Waals surface area contributed by atoms with E-state index in [2.05, 4.69) is 5.32 Å². The molecule has 2 fully saturated rings. The van der Waals surface area contributed by atoms with Crippen LogP contribution in [-0.4, -0.2) is 74.9 Å². The third kappa shape index (κ3) is 4.63. The molecule has 2 aromatic carbocycles. The van der Waals surface area contributed by atoms with Gasteiger partial charge in [0.1, 0.15) is 40.7 Å². The van der Waals surface area contributed by atoms with Crippen molar-refractivity contribution >= 4 is 50.2 Å². The number of piperidine rings is 1. The molecule has 3 aliphatic rings. The fourth-order valence-corrected chi connectivity index (χ4v) is 4.71. The number of carbonyl (C=O) groups is 4. The van der Waals surface area contributed by atoms with Crippen molar-refractivity contribution in [3.63, 3.8) is 0 Å². The van der Waals surface area contributed by atoms with Gasteiger partial charge in [0, 0.05) is 30.6 Å². The number of rotatable bonds is 6. The number of carbonyl (C=O) groups excluding carboxylic acids is 4. The summed E-state index contributed by atoms with van der Waals surface area (Å²) in [5, 5.41) is 2.29. The highest BCUT2D eigenvalue weighted by Gasteiger charge is 2.40. The molecule has 0 aliphatic carbocycles. The van der Waals surface area contributed by atoms with Gasteiger partial charge in [-0.25, -0.2) is 0 Å². The maximum atomic E-state index is 13.1. The van der Waals surface area contributed by atoms with Gasteiger partial charge in [0.15, 0.2) is 0 Å². The molecule has 180 valence electrons. The summed E-state index contributed by atoms with van der Waals surface area (Å²) in [7, 11) is 12.3. The molecule has 4 radical (unpaired) electrons. The zero-order valence-electron chi connectivity index (χ0n) is 19.6. The summed E-state index contributed by atoms with van der Waals surface area (Å²) in [5.41, 5.74) is 3.21. The zero-order chi connectivity index (χ0) is 25.4. The Kier molecular flexibility index (Phi) is 6.57. The number of ether oxygens (including phenoxy) is 2. The van der Waals surface area contributed by atoms with E-state index in [-0.39, 0.29) is 61.2 Å².